The quantitative estimate of drug-likeness (QED) is 0.469. The highest BCUT2D eigenvalue weighted by atomic mass is 127. The zero-order valence-corrected chi connectivity index (χ0v) is 9.41. The van der Waals surface area contributed by atoms with Gasteiger partial charge in [0.25, 0.3) is 0 Å². The SMILES string of the molecule is S=C(S)Nc1ccccc1I. The van der Waals surface area contributed by atoms with E-state index in [2.05, 4.69) is 40.5 Å². The van der Waals surface area contributed by atoms with Crippen LogP contribution in [0.4, 0.5) is 5.69 Å². The third-order valence-electron chi connectivity index (χ3n) is 1.12. The van der Waals surface area contributed by atoms with Gasteiger partial charge in [-0.2, -0.15) is 0 Å². The molecule has 0 aromatic heterocycles. The van der Waals surface area contributed by atoms with Crippen molar-refractivity contribution >= 4 is 57.4 Å². The Morgan fingerprint density at radius 3 is 2.64 bits per heavy atom. The highest BCUT2D eigenvalue weighted by molar-refractivity contribution is 14.1. The predicted molar refractivity (Wildman–Crippen MR) is 64.4 cm³/mol. The van der Waals surface area contributed by atoms with Crippen molar-refractivity contribution in [2.24, 2.45) is 0 Å². The van der Waals surface area contributed by atoms with Crippen LogP contribution in [0.2, 0.25) is 0 Å². The van der Waals surface area contributed by atoms with Crippen LogP contribution in [0.3, 0.4) is 0 Å². The van der Waals surface area contributed by atoms with Crippen LogP contribution in [0.15, 0.2) is 24.3 Å². The Morgan fingerprint density at radius 1 is 1.45 bits per heavy atom. The van der Waals surface area contributed by atoms with E-state index in [4.69, 9.17) is 12.2 Å². The van der Waals surface area contributed by atoms with E-state index >= 15 is 0 Å². The topological polar surface area (TPSA) is 12.0 Å². The molecule has 0 unspecified atom stereocenters. The van der Waals surface area contributed by atoms with Crippen molar-refractivity contribution in [3.8, 4) is 0 Å². The van der Waals surface area contributed by atoms with Crippen molar-refractivity contribution in [2.45, 2.75) is 0 Å². The van der Waals surface area contributed by atoms with Gasteiger partial charge >= 0.3 is 0 Å². The summed E-state index contributed by atoms with van der Waals surface area (Å²) in [4.78, 5) is 0. The van der Waals surface area contributed by atoms with E-state index in [1.54, 1.807) is 0 Å². The van der Waals surface area contributed by atoms with E-state index in [0.29, 0.717) is 4.32 Å². The van der Waals surface area contributed by atoms with Crippen LogP contribution in [0.1, 0.15) is 0 Å². The molecule has 1 aromatic carbocycles. The summed E-state index contributed by atoms with van der Waals surface area (Å²) in [6.45, 7) is 0. The van der Waals surface area contributed by atoms with Gasteiger partial charge in [0.15, 0.2) is 0 Å². The Hall–Kier alpha value is 0.190. The lowest BCUT2D eigenvalue weighted by molar-refractivity contribution is 1.61. The normalized spacial score (nSPS) is 9.27. The molecule has 58 valence electrons. The van der Waals surface area contributed by atoms with Crippen molar-refractivity contribution in [3.05, 3.63) is 27.8 Å². The number of thiocarbonyl (C=S) groups is 1. The van der Waals surface area contributed by atoms with Gasteiger partial charge in [-0.3, -0.25) is 0 Å². The molecular weight excluding hydrogens is 289 g/mol. The van der Waals surface area contributed by atoms with Crippen molar-refractivity contribution in [2.75, 3.05) is 5.32 Å². The van der Waals surface area contributed by atoms with Gasteiger partial charge in [-0.15, -0.1) is 12.6 Å². The summed E-state index contributed by atoms with van der Waals surface area (Å²) in [5.41, 5.74) is 1.01. The number of nitrogens with one attached hydrogen (secondary N) is 1. The highest BCUT2D eigenvalue weighted by Gasteiger charge is 1.96. The maximum Gasteiger partial charge on any atom is 0.135 e. The molecule has 0 bridgehead atoms. The fraction of sp³-hybridized carbons (Fsp3) is 0. The minimum absolute atomic E-state index is 0.495. The van der Waals surface area contributed by atoms with Crippen molar-refractivity contribution < 1.29 is 0 Å². The second-order valence-corrected chi connectivity index (χ2v) is 4.23. The average Bonchev–Trinajstić information content (AvgIpc) is 1.93. The van der Waals surface area contributed by atoms with Gasteiger partial charge in [-0.1, -0.05) is 24.4 Å². The van der Waals surface area contributed by atoms with Crippen molar-refractivity contribution in [1.29, 1.82) is 0 Å². The third kappa shape index (κ3) is 2.96. The van der Waals surface area contributed by atoms with Gasteiger partial charge in [0.2, 0.25) is 0 Å². The number of benzene rings is 1. The molecule has 0 aliphatic carbocycles. The number of anilines is 1. The maximum absolute atomic E-state index is 4.79. The van der Waals surface area contributed by atoms with Crippen LogP contribution in [0, 0.1) is 3.57 Å². The molecule has 11 heavy (non-hydrogen) atoms. The summed E-state index contributed by atoms with van der Waals surface area (Å²) in [5, 5.41) is 2.96. The summed E-state index contributed by atoms with van der Waals surface area (Å²) >= 11 is 11.0. The molecule has 0 aliphatic rings. The Labute approximate surface area is 90.1 Å². The van der Waals surface area contributed by atoms with Crippen LogP contribution < -0.4 is 5.32 Å². The third-order valence-corrected chi connectivity index (χ3v) is 2.27. The maximum atomic E-state index is 4.79. The number of hydrogen-bond donors (Lipinski definition) is 2. The first-order chi connectivity index (χ1) is 5.20. The second-order valence-electron chi connectivity index (χ2n) is 1.91. The smallest absolute Gasteiger partial charge is 0.135 e. The minimum atomic E-state index is 0.495. The first-order valence-electron chi connectivity index (χ1n) is 2.94. The second kappa shape index (κ2) is 4.27. The first kappa shape index (κ1) is 9.28. The summed E-state index contributed by atoms with van der Waals surface area (Å²) in [5.74, 6) is 0. The van der Waals surface area contributed by atoms with Crippen LogP contribution >= 0.6 is 47.4 Å². The predicted octanol–water partition coefficient (Wildman–Crippen LogP) is 2.92. The first-order valence-corrected chi connectivity index (χ1v) is 4.88. The minimum Gasteiger partial charge on any atom is -0.341 e. The van der Waals surface area contributed by atoms with Crippen LogP contribution in [-0.2, 0) is 0 Å². The number of halogens is 1. The largest absolute Gasteiger partial charge is 0.341 e. The zero-order valence-electron chi connectivity index (χ0n) is 5.54. The molecule has 1 rings (SSSR count). The molecular formula is C7H6INS2. The number of para-hydroxylation sites is 1. The van der Waals surface area contributed by atoms with Gasteiger partial charge in [-0.05, 0) is 34.7 Å². The van der Waals surface area contributed by atoms with E-state index < -0.39 is 0 Å². The Kier molecular flexibility index (Phi) is 3.61. The van der Waals surface area contributed by atoms with E-state index in [1.165, 1.54) is 0 Å². The van der Waals surface area contributed by atoms with Crippen LogP contribution in [-0.4, -0.2) is 4.32 Å². The number of hydrogen-bond acceptors (Lipinski definition) is 1. The lowest BCUT2D eigenvalue weighted by Gasteiger charge is -2.04. The number of thiol groups is 1. The molecule has 1 N–H and O–H groups in total. The van der Waals surface area contributed by atoms with E-state index in [9.17, 15) is 0 Å². The molecule has 1 nitrogen and oxygen atoms in total. The molecule has 0 aliphatic heterocycles. The summed E-state index contributed by atoms with van der Waals surface area (Å²) < 4.78 is 1.63. The van der Waals surface area contributed by atoms with Crippen LogP contribution in [0.25, 0.3) is 0 Å². The van der Waals surface area contributed by atoms with E-state index in [1.807, 2.05) is 24.3 Å². The number of rotatable bonds is 1. The Morgan fingerprint density at radius 2 is 2.09 bits per heavy atom. The van der Waals surface area contributed by atoms with Crippen molar-refractivity contribution in [1.82, 2.24) is 0 Å². The lowest BCUT2D eigenvalue weighted by Crippen LogP contribution is -2.01. The van der Waals surface area contributed by atoms with Gasteiger partial charge in [-0.25, -0.2) is 0 Å². The summed E-state index contributed by atoms with van der Waals surface area (Å²) in [6, 6.07) is 7.91. The molecule has 0 saturated heterocycles. The Bertz CT molecular complexity index is 275. The van der Waals surface area contributed by atoms with E-state index in [-0.39, 0.29) is 0 Å². The van der Waals surface area contributed by atoms with Gasteiger partial charge in [0.05, 0.1) is 5.69 Å². The molecule has 4 heteroatoms. The standard InChI is InChI=1S/C7H6INS2/c8-5-3-1-2-4-6(5)9-7(10)11/h1-4H,(H2,9,10,11). The molecule has 0 atom stereocenters. The molecule has 0 spiro atoms. The van der Waals surface area contributed by atoms with Gasteiger partial charge in [0, 0.05) is 3.57 Å². The Balaban J connectivity index is 2.86. The summed E-state index contributed by atoms with van der Waals surface area (Å²) in [7, 11) is 0. The fourth-order valence-electron chi connectivity index (χ4n) is 0.678. The summed E-state index contributed by atoms with van der Waals surface area (Å²) in [6.07, 6.45) is 0. The fourth-order valence-corrected chi connectivity index (χ4v) is 1.43. The van der Waals surface area contributed by atoms with Gasteiger partial charge < -0.3 is 5.32 Å². The molecule has 0 heterocycles. The highest BCUT2D eigenvalue weighted by Crippen LogP contribution is 2.17. The van der Waals surface area contributed by atoms with Gasteiger partial charge in [0.1, 0.15) is 4.32 Å². The molecule has 0 saturated carbocycles. The zero-order chi connectivity index (χ0) is 8.27. The van der Waals surface area contributed by atoms with E-state index in [0.717, 1.165) is 9.26 Å². The monoisotopic (exact) mass is 295 g/mol. The van der Waals surface area contributed by atoms with Crippen molar-refractivity contribution in [3.63, 3.8) is 0 Å². The van der Waals surface area contributed by atoms with Crippen LogP contribution in [0.5, 0.6) is 0 Å². The molecule has 0 amide bonds. The molecule has 0 radical (unpaired) electrons. The molecule has 1 aromatic rings. The lowest BCUT2D eigenvalue weighted by atomic mass is 10.3. The molecule has 0 fully saturated rings. The average molecular weight is 295 g/mol.